The minimum absolute atomic E-state index is 0.0743. The largest absolute Gasteiger partial charge is 0.406 e. The van der Waals surface area contributed by atoms with Crippen LogP contribution in [0.15, 0.2) is 27.6 Å². The number of benzene rings is 1. The zero-order valence-corrected chi connectivity index (χ0v) is 12.1. The third-order valence-corrected chi connectivity index (χ3v) is 3.18. The maximum Gasteiger partial charge on any atom is 0.406 e. The van der Waals surface area contributed by atoms with E-state index in [-0.39, 0.29) is 12.1 Å². The molecule has 0 aliphatic heterocycles. The highest BCUT2D eigenvalue weighted by molar-refractivity contribution is 9.10. The number of nitrogens with zero attached hydrogens (tertiary/aromatic N) is 1. The predicted octanol–water partition coefficient (Wildman–Crippen LogP) is 2.73. The van der Waals surface area contributed by atoms with E-state index in [4.69, 9.17) is 5.11 Å². The number of carbonyl (C=O) groups excluding carboxylic acids is 1. The van der Waals surface area contributed by atoms with Crippen LogP contribution in [-0.2, 0) is 0 Å². The SMILES string of the molecule is O=C(c1cc(S)ccc1Br)N(CCO)CC(F)(F)F. The van der Waals surface area contributed by atoms with Crippen LogP contribution in [0.1, 0.15) is 10.4 Å². The van der Waals surface area contributed by atoms with Gasteiger partial charge in [-0.1, -0.05) is 0 Å². The number of aliphatic hydroxyl groups is 1. The Kier molecular flexibility index (Phi) is 5.69. The standard InChI is InChI=1S/C11H11BrF3NO2S/c12-9-2-1-7(19)5-8(9)10(18)16(3-4-17)6-11(13,14)15/h1-2,5,17,19H,3-4,6H2. The number of alkyl halides is 3. The van der Waals surface area contributed by atoms with E-state index in [9.17, 15) is 18.0 Å². The highest BCUT2D eigenvalue weighted by Gasteiger charge is 2.33. The van der Waals surface area contributed by atoms with Crippen LogP contribution in [0.25, 0.3) is 0 Å². The lowest BCUT2D eigenvalue weighted by molar-refractivity contribution is -0.141. The fraction of sp³-hybridized carbons (Fsp3) is 0.364. The Morgan fingerprint density at radius 3 is 2.58 bits per heavy atom. The maximum absolute atomic E-state index is 12.4. The van der Waals surface area contributed by atoms with Crippen LogP contribution in [0.2, 0.25) is 0 Å². The second kappa shape index (κ2) is 6.62. The number of aliphatic hydroxyl groups excluding tert-OH is 1. The van der Waals surface area contributed by atoms with E-state index >= 15 is 0 Å². The van der Waals surface area contributed by atoms with Gasteiger partial charge in [-0.25, -0.2) is 0 Å². The topological polar surface area (TPSA) is 40.5 Å². The first-order valence-corrected chi connectivity index (χ1v) is 6.44. The van der Waals surface area contributed by atoms with Gasteiger partial charge in [0.2, 0.25) is 0 Å². The van der Waals surface area contributed by atoms with E-state index in [1.165, 1.54) is 12.1 Å². The van der Waals surface area contributed by atoms with Crippen molar-refractivity contribution in [3.05, 3.63) is 28.2 Å². The van der Waals surface area contributed by atoms with Gasteiger partial charge in [-0.2, -0.15) is 13.2 Å². The molecular weight excluding hydrogens is 347 g/mol. The molecule has 0 heterocycles. The van der Waals surface area contributed by atoms with E-state index in [2.05, 4.69) is 28.6 Å². The van der Waals surface area contributed by atoms with Crippen LogP contribution in [-0.4, -0.2) is 41.8 Å². The van der Waals surface area contributed by atoms with Crippen molar-refractivity contribution in [2.24, 2.45) is 0 Å². The normalized spacial score (nSPS) is 11.5. The molecule has 0 saturated carbocycles. The van der Waals surface area contributed by atoms with Gasteiger partial charge in [-0.05, 0) is 34.1 Å². The molecule has 0 aliphatic carbocycles. The van der Waals surface area contributed by atoms with Gasteiger partial charge in [0.1, 0.15) is 6.54 Å². The Labute approximate surface area is 121 Å². The highest BCUT2D eigenvalue weighted by atomic mass is 79.9. The van der Waals surface area contributed by atoms with Crippen molar-refractivity contribution in [1.82, 2.24) is 4.90 Å². The average Bonchev–Trinajstić information content (AvgIpc) is 2.29. The van der Waals surface area contributed by atoms with Crippen LogP contribution >= 0.6 is 28.6 Å². The van der Waals surface area contributed by atoms with E-state index in [0.29, 0.717) is 14.3 Å². The summed E-state index contributed by atoms with van der Waals surface area (Å²) < 4.78 is 37.5. The number of hydrogen-bond donors (Lipinski definition) is 2. The molecular formula is C11H11BrF3NO2S. The molecule has 106 valence electrons. The number of thiol groups is 1. The van der Waals surface area contributed by atoms with Crippen molar-refractivity contribution < 1.29 is 23.1 Å². The molecule has 0 atom stereocenters. The first-order valence-electron chi connectivity index (χ1n) is 5.20. The zero-order chi connectivity index (χ0) is 14.6. The van der Waals surface area contributed by atoms with Crippen LogP contribution in [0.3, 0.4) is 0 Å². The number of halogens is 4. The van der Waals surface area contributed by atoms with E-state index in [1.54, 1.807) is 6.07 Å². The van der Waals surface area contributed by atoms with Crippen molar-refractivity contribution >= 4 is 34.5 Å². The summed E-state index contributed by atoms with van der Waals surface area (Å²) in [5, 5.41) is 8.77. The molecule has 1 rings (SSSR count). The van der Waals surface area contributed by atoms with Gasteiger partial charge in [-0.15, -0.1) is 12.6 Å². The Bertz CT molecular complexity index is 468. The van der Waals surface area contributed by atoms with Crippen molar-refractivity contribution in [3.8, 4) is 0 Å². The summed E-state index contributed by atoms with van der Waals surface area (Å²) in [6, 6.07) is 4.50. The second-order valence-electron chi connectivity index (χ2n) is 3.73. The highest BCUT2D eigenvalue weighted by Crippen LogP contribution is 2.24. The molecule has 0 unspecified atom stereocenters. The molecule has 1 amide bonds. The number of hydrogen-bond acceptors (Lipinski definition) is 3. The Morgan fingerprint density at radius 1 is 1.42 bits per heavy atom. The number of carbonyl (C=O) groups is 1. The lowest BCUT2D eigenvalue weighted by Crippen LogP contribution is -2.40. The molecule has 19 heavy (non-hydrogen) atoms. The van der Waals surface area contributed by atoms with Gasteiger partial charge in [0.05, 0.1) is 12.2 Å². The minimum atomic E-state index is -4.52. The Balaban J connectivity index is 3.02. The van der Waals surface area contributed by atoms with Gasteiger partial charge in [0.15, 0.2) is 0 Å². The van der Waals surface area contributed by atoms with Gasteiger partial charge in [0, 0.05) is 15.9 Å². The van der Waals surface area contributed by atoms with Crippen molar-refractivity contribution in [2.75, 3.05) is 19.7 Å². The van der Waals surface area contributed by atoms with Crippen molar-refractivity contribution in [2.45, 2.75) is 11.1 Å². The lowest BCUT2D eigenvalue weighted by atomic mass is 10.2. The van der Waals surface area contributed by atoms with E-state index in [1.807, 2.05) is 0 Å². The van der Waals surface area contributed by atoms with Crippen LogP contribution in [0.4, 0.5) is 13.2 Å². The summed E-state index contributed by atoms with van der Waals surface area (Å²) in [5.41, 5.74) is 0.0743. The maximum atomic E-state index is 12.4. The molecule has 0 radical (unpaired) electrons. The molecule has 1 aromatic carbocycles. The summed E-state index contributed by atoms with van der Waals surface area (Å²) >= 11 is 7.14. The predicted molar refractivity (Wildman–Crippen MR) is 70.4 cm³/mol. The first kappa shape index (κ1) is 16.3. The Morgan fingerprint density at radius 2 is 2.05 bits per heavy atom. The monoisotopic (exact) mass is 357 g/mol. The minimum Gasteiger partial charge on any atom is -0.395 e. The number of amides is 1. The molecule has 0 bridgehead atoms. The summed E-state index contributed by atoms with van der Waals surface area (Å²) in [7, 11) is 0. The number of rotatable bonds is 4. The van der Waals surface area contributed by atoms with Gasteiger partial charge < -0.3 is 10.0 Å². The molecule has 8 heteroatoms. The van der Waals surface area contributed by atoms with Crippen LogP contribution in [0.5, 0.6) is 0 Å². The van der Waals surface area contributed by atoms with E-state index < -0.39 is 25.2 Å². The van der Waals surface area contributed by atoms with Crippen molar-refractivity contribution in [3.63, 3.8) is 0 Å². The average molecular weight is 358 g/mol. The molecule has 0 saturated heterocycles. The van der Waals surface area contributed by atoms with Gasteiger partial charge >= 0.3 is 6.18 Å². The summed E-state index contributed by atoms with van der Waals surface area (Å²) in [6.45, 7) is -2.34. The third kappa shape index (κ3) is 5.04. The molecule has 1 aromatic rings. The van der Waals surface area contributed by atoms with Gasteiger partial charge in [0.25, 0.3) is 5.91 Å². The van der Waals surface area contributed by atoms with Crippen LogP contribution < -0.4 is 0 Å². The van der Waals surface area contributed by atoms with Crippen LogP contribution in [0, 0.1) is 0 Å². The molecule has 0 spiro atoms. The fourth-order valence-electron chi connectivity index (χ4n) is 1.44. The molecule has 0 aliphatic rings. The van der Waals surface area contributed by atoms with Gasteiger partial charge in [-0.3, -0.25) is 4.79 Å². The molecule has 0 aromatic heterocycles. The summed E-state index contributed by atoms with van der Waals surface area (Å²) in [6.07, 6.45) is -4.52. The Hall–Kier alpha value is -0.730. The smallest absolute Gasteiger partial charge is 0.395 e. The fourth-order valence-corrected chi connectivity index (χ4v) is 2.06. The summed E-state index contributed by atoms with van der Waals surface area (Å²) in [5.74, 6) is -0.811. The quantitative estimate of drug-likeness (QED) is 0.813. The molecule has 0 fully saturated rings. The van der Waals surface area contributed by atoms with E-state index in [0.717, 1.165) is 0 Å². The molecule has 1 N–H and O–H groups in total. The lowest BCUT2D eigenvalue weighted by Gasteiger charge is -2.23. The third-order valence-electron chi connectivity index (χ3n) is 2.21. The zero-order valence-electron chi connectivity index (χ0n) is 9.62. The molecule has 3 nitrogen and oxygen atoms in total. The second-order valence-corrected chi connectivity index (χ2v) is 5.10. The van der Waals surface area contributed by atoms with Crippen molar-refractivity contribution in [1.29, 1.82) is 0 Å². The first-order chi connectivity index (χ1) is 8.74. The summed E-state index contributed by atoms with van der Waals surface area (Å²) in [4.78, 5) is 13.0.